The van der Waals surface area contributed by atoms with Crippen molar-refractivity contribution < 1.29 is 14.3 Å². The average molecular weight is 481 g/mol. The minimum Gasteiger partial charge on any atom is -0.493 e. The number of carbonyl (C=O) groups is 1. The minimum absolute atomic E-state index is 0.197. The molecule has 5 nitrogen and oxygen atoms in total. The van der Waals surface area contributed by atoms with Crippen molar-refractivity contribution in [3.05, 3.63) is 51.5 Å². The highest BCUT2D eigenvalue weighted by molar-refractivity contribution is 7.99. The summed E-state index contributed by atoms with van der Waals surface area (Å²) in [6.07, 6.45) is 0.950. The van der Waals surface area contributed by atoms with Crippen LogP contribution in [0.5, 0.6) is 5.75 Å². The molecule has 0 amide bonds. The van der Waals surface area contributed by atoms with Crippen LogP contribution in [0.2, 0.25) is 10.0 Å². The van der Waals surface area contributed by atoms with Crippen LogP contribution in [0.25, 0.3) is 11.0 Å². The van der Waals surface area contributed by atoms with Gasteiger partial charge in [-0.1, -0.05) is 48.0 Å². The normalized spacial score (nSPS) is 11.1. The Kier molecular flexibility index (Phi) is 8.52. The molecule has 0 N–H and O–H groups in total. The van der Waals surface area contributed by atoms with E-state index < -0.39 is 0 Å². The van der Waals surface area contributed by atoms with Gasteiger partial charge in [-0.05, 0) is 55.3 Å². The van der Waals surface area contributed by atoms with Crippen molar-refractivity contribution in [1.29, 1.82) is 0 Å². The highest BCUT2D eigenvalue weighted by Crippen LogP contribution is 2.32. The fraction of sp³-hybridized carbons (Fsp3) is 0.391. The molecule has 0 bridgehead atoms. The average Bonchev–Trinajstić information content (AvgIpc) is 3.06. The number of thioether (sulfide) groups is 1. The topological polar surface area (TPSA) is 53.4 Å². The van der Waals surface area contributed by atoms with Crippen LogP contribution in [-0.2, 0) is 16.1 Å². The molecule has 0 saturated heterocycles. The van der Waals surface area contributed by atoms with Crippen molar-refractivity contribution in [2.45, 2.75) is 45.3 Å². The van der Waals surface area contributed by atoms with E-state index in [4.69, 9.17) is 37.7 Å². The Morgan fingerprint density at radius 1 is 1.19 bits per heavy atom. The molecule has 166 valence electrons. The van der Waals surface area contributed by atoms with Gasteiger partial charge in [-0.15, -0.1) is 0 Å². The van der Waals surface area contributed by atoms with Gasteiger partial charge in [-0.2, -0.15) is 0 Å². The summed E-state index contributed by atoms with van der Waals surface area (Å²) in [6, 6.07) is 9.54. The molecule has 0 spiro atoms. The third-order valence-corrected chi connectivity index (χ3v) is 6.14. The van der Waals surface area contributed by atoms with Crippen LogP contribution in [0.1, 0.15) is 37.8 Å². The fourth-order valence-corrected chi connectivity index (χ4v) is 4.48. The van der Waals surface area contributed by atoms with Crippen molar-refractivity contribution in [3.63, 3.8) is 0 Å². The summed E-state index contributed by atoms with van der Waals surface area (Å²) in [5, 5.41) is 2.18. The lowest BCUT2D eigenvalue weighted by Crippen LogP contribution is -2.07. The van der Waals surface area contributed by atoms with Crippen LogP contribution in [-0.4, -0.2) is 34.5 Å². The van der Waals surface area contributed by atoms with E-state index in [1.165, 1.54) is 0 Å². The molecule has 0 aliphatic heterocycles. The first kappa shape index (κ1) is 23.8. The van der Waals surface area contributed by atoms with Crippen molar-refractivity contribution in [3.8, 4) is 5.75 Å². The second kappa shape index (κ2) is 11.1. The van der Waals surface area contributed by atoms with Gasteiger partial charge in [0, 0.05) is 22.5 Å². The highest BCUT2D eigenvalue weighted by Gasteiger charge is 2.16. The van der Waals surface area contributed by atoms with Crippen LogP contribution in [0.3, 0.4) is 0 Å². The van der Waals surface area contributed by atoms with E-state index in [0.717, 1.165) is 38.8 Å². The first-order valence-electron chi connectivity index (χ1n) is 10.3. The van der Waals surface area contributed by atoms with Gasteiger partial charge in [0.25, 0.3) is 0 Å². The molecule has 0 saturated carbocycles. The van der Waals surface area contributed by atoms with Crippen LogP contribution in [0, 0.1) is 6.92 Å². The molecular weight excluding hydrogens is 455 g/mol. The molecule has 0 radical (unpaired) electrons. The number of rotatable bonds is 10. The first-order chi connectivity index (χ1) is 14.9. The fourth-order valence-electron chi connectivity index (χ4n) is 3.27. The summed E-state index contributed by atoms with van der Waals surface area (Å²) in [7, 11) is 0. The Morgan fingerprint density at radius 2 is 2.00 bits per heavy atom. The number of ether oxygens (including phenoxy) is 2. The first-order valence-corrected chi connectivity index (χ1v) is 12.0. The summed E-state index contributed by atoms with van der Waals surface area (Å²) < 4.78 is 13.1. The Morgan fingerprint density at radius 3 is 2.71 bits per heavy atom. The minimum atomic E-state index is -0.197. The molecule has 0 aliphatic carbocycles. The van der Waals surface area contributed by atoms with Crippen molar-refractivity contribution in [1.82, 2.24) is 9.55 Å². The molecule has 31 heavy (non-hydrogen) atoms. The third-order valence-electron chi connectivity index (χ3n) is 4.70. The van der Waals surface area contributed by atoms with Gasteiger partial charge in [0.2, 0.25) is 0 Å². The summed E-state index contributed by atoms with van der Waals surface area (Å²) >= 11 is 14.2. The Bertz CT molecular complexity index is 1070. The van der Waals surface area contributed by atoms with Crippen molar-refractivity contribution in [2.24, 2.45) is 0 Å². The number of aryl methyl sites for hydroxylation is 1. The maximum atomic E-state index is 11.5. The zero-order chi connectivity index (χ0) is 22.4. The van der Waals surface area contributed by atoms with Crippen LogP contribution in [0.4, 0.5) is 0 Å². The van der Waals surface area contributed by atoms with Gasteiger partial charge >= 0.3 is 5.97 Å². The third kappa shape index (κ3) is 6.09. The lowest BCUT2D eigenvalue weighted by Gasteiger charge is -2.12. The number of aromatic nitrogens is 2. The molecule has 8 heteroatoms. The molecule has 0 fully saturated rings. The predicted octanol–water partition coefficient (Wildman–Crippen LogP) is 6.53. The number of fused-ring (bicyclic) bond motifs is 1. The Hall–Kier alpha value is -1.89. The lowest BCUT2D eigenvalue weighted by molar-refractivity contribution is -0.143. The van der Waals surface area contributed by atoms with Gasteiger partial charge in [0.1, 0.15) is 5.75 Å². The molecule has 3 aromatic rings. The van der Waals surface area contributed by atoms with Gasteiger partial charge in [-0.3, -0.25) is 4.79 Å². The zero-order valence-electron chi connectivity index (χ0n) is 17.9. The number of esters is 1. The van der Waals surface area contributed by atoms with Gasteiger partial charge in [-0.25, -0.2) is 4.98 Å². The highest BCUT2D eigenvalue weighted by atomic mass is 35.5. The maximum absolute atomic E-state index is 11.5. The molecular formula is C23H26Cl2N2O3S. The second-order valence-corrected chi connectivity index (χ2v) is 9.09. The lowest BCUT2D eigenvalue weighted by atomic mass is 10.2. The summed E-state index contributed by atoms with van der Waals surface area (Å²) in [4.78, 5) is 16.4. The number of imidazole rings is 1. The van der Waals surface area contributed by atoms with Crippen LogP contribution in [0.15, 0.2) is 35.5 Å². The molecule has 0 unspecified atom stereocenters. The monoisotopic (exact) mass is 480 g/mol. The molecule has 2 aromatic carbocycles. The summed E-state index contributed by atoms with van der Waals surface area (Å²) in [5.41, 5.74) is 3.95. The molecule has 1 heterocycles. The van der Waals surface area contributed by atoms with Gasteiger partial charge in [0.05, 0.1) is 30.8 Å². The van der Waals surface area contributed by atoms with E-state index in [0.29, 0.717) is 42.6 Å². The Balaban J connectivity index is 1.87. The van der Waals surface area contributed by atoms with E-state index in [2.05, 4.69) is 11.5 Å². The SMILES string of the molecule is CCOC(=O)CCCOc1cc(C)c2nc(SCC)n(Cc3ccc(Cl)cc3Cl)c2c1. The summed E-state index contributed by atoms with van der Waals surface area (Å²) in [5.74, 6) is 1.47. The number of hydrogen-bond acceptors (Lipinski definition) is 5. The van der Waals surface area contributed by atoms with Gasteiger partial charge < -0.3 is 14.0 Å². The largest absolute Gasteiger partial charge is 0.493 e. The summed E-state index contributed by atoms with van der Waals surface area (Å²) in [6.45, 7) is 7.36. The van der Waals surface area contributed by atoms with Crippen molar-refractivity contribution >= 4 is 52.0 Å². The van der Waals surface area contributed by atoms with Gasteiger partial charge in [0.15, 0.2) is 5.16 Å². The van der Waals surface area contributed by atoms with E-state index in [9.17, 15) is 4.79 Å². The van der Waals surface area contributed by atoms with Crippen molar-refractivity contribution in [2.75, 3.05) is 19.0 Å². The predicted molar refractivity (Wildman–Crippen MR) is 128 cm³/mol. The maximum Gasteiger partial charge on any atom is 0.305 e. The molecule has 1 aromatic heterocycles. The standard InChI is InChI=1S/C23H26Cl2N2O3S/c1-4-29-21(28)7-6-10-30-18-11-15(3)22-20(13-18)27(23(26-22)31-5-2)14-16-8-9-17(24)12-19(16)25/h8-9,11-13H,4-7,10,14H2,1-3H3. The molecule has 0 aliphatic rings. The number of halogens is 2. The smallest absolute Gasteiger partial charge is 0.305 e. The number of benzene rings is 2. The molecule has 0 atom stereocenters. The zero-order valence-corrected chi connectivity index (χ0v) is 20.2. The Labute approximate surface area is 197 Å². The van der Waals surface area contributed by atoms with E-state index in [1.54, 1.807) is 24.8 Å². The number of nitrogens with zero attached hydrogens (tertiary/aromatic N) is 2. The van der Waals surface area contributed by atoms with E-state index in [-0.39, 0.29) is 5.97 Å². The quantitative estimate of drug-likeness (QED) is 0.187. The number of hydrogen-bond donors (Lipinski definition) is 0. The second-order valence-electron chi connectivity index (χ2n) is 7.01. The van der Waals surface area contributed by atoms with Crippen LogP contribution < -0.4 is 4.74 Å². The number of carbonyl (C=O) groups excluding carboxylic acids is 1. The van der Waals surface area contributed by atoms with E-state index >= 15 is 0 Å². The molecule has 3 rings (SSSR count). The van der Waals surface area contributed by atoms with Crippen LogP contribution >= 0.6 is 35.0 Å². The van der Waals surface area contributed by atoms with E-state index in [1.807, 2.05) is 31.2 Å².